The molecule has 2 heterocycles. The Labute approximate surface area is 238 Å². The standard InChI is InChI=1S/C36H29N5/c1-24(40(34-21-10-22-39-30(34)23-37)31-19-8-13-25-11-2-4-15-27(25)31)36-35(38)29-17-6-7-18-33(29)41(36)32-20-9-14-26-12-3-5-16-28(26)32/h2-22H,1,23,37-38H2. The van der Waals surface area contributed by atoms with Gasteiger partial charge in [0.05, 0.1) is 45.4 Å². The van der Waals surface area contributed by atoms with Crippen molar-refractivity contribution in [3.05, 3.63) is 145 Å². The van der Waals surface area contributed by atoms with Crippen LogP contribution in [0, 0.1) is 0 Å². The van der Waals surface area contributed by atoms with Gasteiger partial charge in [0.1, 0.15) is 0 Å². The van der Waals surface area contributed by atoms with E-state index in [0.717, 1.165) is 66.6 Å². The molecule has 0 bridgehead atoms. The summed E-state index contributed by atoms with van der Waals surface area (Å²) in [6, 6.07) is 41.7. The number of para-hydroxylation sites is 1. The van der Waals surface area contributed by atoms with Crippen LogP contribution in [0.25, 0.3) is 43.8 Å². The highest BCUT2D eigenvalue weighted by atomic mass is 15.2. The van der Waals surface area contributed by atoms with E-state index in [0.29, 0.717) is 5.69 Å². The van der Waals surface area contributed by atoms with E-state index in [1.165, 1.54) is 0 Å². The fraction of sp³-hybridized carbons (Fsp3) is 0.0278. The molecule has 0 amide bonds. The molecule has 0 saturated carbocycles. The Hall–Kier alpha value is -5.39. The number of fused-ring (bicyclic) bond motifs is 3. The van der Waals surface area contributed by atoms with E-state index in [1.807, 2.05) is 24.3 Å². The predicted molar refractivity (Wildman–Crippen MR) is 172 cm³/mol. The first kappa shape index (κ1) is 24.6. The Balaban J connectivity index is 1.57. The molecule has 0 unspecified atom stereocenters. The van der Waals surface area contributed by atoms with Gasteiger partial charge >= 0.3 is 0 Å². The lowest BCUT2D eigenvalue weighted by atomic mass is 10.1. The van der Waals surface area contributed by atoms with Crippen molar-refractivity contribution in [2.75, 3.05) is 10.6 Å². The first-order valence-electron chi connectivity index (χ1n) is 13.7. The highest BCUT2D eigenvalue weighted by Gasteiger charge is 2.27. The number of anilines is 3. The lowest BCUT2D eigenvalue weighted by Crippen LogP contribution is -2.20. The van der Waals surface area contributed by atoms with E-state index < -0.39 is 0 Å². The van der Waals surface area contributed by atoms with Gasteiger partial charge in [0.2, 0.25) is 0 Å². The molecular formula is C36H29N5. The molecule has 0 radical (unpaired) electrons. The third-order valence-electron chi connectivity index (χ3n) is 7.77. The minimum Gasteiger partial charge on any atom is -0.396 e. The summed E-state index contributed by atoms with van der Waals surface area (Å²) in [7, 11) is 0. The van der Waals surface area contributed by atoms with E-state index >= 15 is 0 Å². The Kier molecular flexibility index (Phi) is 5.99. The average Bonchev–Trinajstić information content (AvgIpc) is 3.33. The molecule has 0 atom stereocenters. The van der Waals surface area contributed by atoms with Gasteiger partial charge in [-0.2, -0.15) is 0 Å². The number of nitrogens with two attached hydrogens (primary N) is 2. The molecule has 0 aliphatic carbocycles. The van der Waals surface area contributed by atoms with Gasteiger partial charge in [-0.05, 0) is 41.1 Å². The second-order valence-corrected chi connectivity index (χ2v) is 10.1. The molecular weight excluding hydrogens is 502 g/mol. The SMILES string of the molecule is C=C(c1c(N)c2ccccc2n1-c1cccc2ccccc12)N(c1cccnc1CN)c1cccc2ccccc12. The number of rotatable bonds is 6. The number of pyridine rings is 1. The largest absolute Gasteiger partial charge is 0.396 e. The van der Waals surface area contributed by atoms with Crippen molar-refractivity contribution in [2.24, 2.45) is 5.73 Å². The first-order chi connectivity index (χ1) is 20.2. The van der Waals surface area contributed by atoms with Crippen LogP contribution < -0.4 is 16.4 Å². The van der Waals surface area contributed by atoms with Crippen molar-refractivity contribution >= 4 is 55.2 Å². The smallest absolute Gasteiger partial charge is 0.0936 e. The van der Waals surface area contributed by atoms with E-state index in [4.69, 9.17) is 18.0 Å². The summed E-state index contributed by atoms with van der Waals surface area (Å²) in [6.45, 7) is 5.02. The van der Waals surface area contributed by atoms with Gasteiger partial charge in [0.15, 0.2) is 0 Å². The maximum atomic E-state index is 7.05. The highest BCUT2D eigenvalue weighted by Crippen LogP contribution is 2.44. The Morgan fingerprint density at radius 3 is 2.07 bits per heavy atom. The third-order valence-corrected chi connectivity index (χ3v) is 7.77. The maximum absolute atomic E-state index is 7.05. The quantitative estimate of drug-likeness (QED) is 0.227. The van der Waals surface area contributed by atoms with Gasteiger partial charge in [0, 0.05) is 28.9 Å². The Morgan fingerprint density at radius 1 is 0.683 bits per heavy atom. The summed E-state index contributed by atoms with van der Waals surface area (Å²) in [5.74, 6) is 0. The molecule has 2 aromatic heterocycles. The summed E-state index contributed by atoms with van der Waals surface area (Å²) >= 11 is 0. The van der Waals surface area contributed by atoms with Crippen molar-refractivity contribution in [1.82, 2.24) is 9.55 Å². The molecule has 7 rings (SSSR count). The zero-order chi connectivity index (χ0) is 27.9. The van der Waals surface area contributed by atoms with Crippen LogP contribution in [0.5, 0.6) is 0 Å². The van der Waals surface area contributed by atoms with Crippen molar-refractivity contribution in [3.8, 4) is 5.69 Å². The van der Waals surface area contributed by atoms with Gasteiger partial charge in [-0.3, -0.25) is 4.98 Å². The molecule has 0 aliphatic heterocycles. The molecule has 4 N–H and O–H groups in total. The van der Waals surface area contributed by atoms with Gasteiger partial charge in [-0.25, -0.2) is 0 Å². The van der Waals surface area contributed by atoms with Crippen molar-refractivity contribution in [1.29, 1.82) is 0 Å². The van der Waals surface area contributed by atoms with Crippen LogP contribution in [0.15, 0.2) is 134 Å². The highest BCUT2D eigenvalue weighted by molar-refractivity contribution is 6.07. The van der Waals surface area contributed by atoms with Crippen LogP contribution in [-0.2, 0) is 6.54 Å². The van der Waals surface area contributed by atoms with Gasteiger partial charge in [-0.1, -0.05) is 97.6 Å². The summed E-state index contributed by atoms with van der Waals surface area (Å²) in [5, 5.41) is 5.48. The van der Waals surface area contributed by atoms with E-state index in [9.17, 15) is 0 Å². The zero-order valence-electron chi connectivity index (χ0n) is 22.5. The summed E-state index contributed by atoms with van der Waals surface area (Å²) in [5.41, 5.74) is 20.2. The van der Waals surface area contributed by atoms with Crippen LogP contribution >= 0.6 is 0 Å². The second kappa shape index (κ2) is 9.97. The van der Waals surface area contributed by atoms with Crippen molar-refractivity contribution < 1.29 is 0 Å². The minimum atomic E-state index is 0.284. The van der Waals surface area contributed by atoms with Crippen LogP contribution in [-0.4, -0.2) is 9.55 Å². The summed E-state index contributed by atoms with van der Waals surface area (Å²) in [4.78, 5) is 6.80. The maximum Gasteiger partial charge on any atom is 0.0936 e. The van der Waals surface area contributed by atoms with Gasteiger partial charge < -0.3 is 20.9 Å². The molecule has 5 nitrogen and oxygen atoms in total. The Morgan fingerprint density at radius 2 is 1.29 bits per heavy atom. The lowest BCUT2D eigenvalue weighted by molar-refractivity contribution is 0.980. The van der Waals surface area contributed by atoms with Crippen LogP contribution in [0.1, 0.15) is 11.4 Å². The molecule has 198 valence electrons. The van der Waals surface area contributed by atoms with Crippen LogP contribution in [0.4, 0.5) is 17.1 Å². The fourth-order valence-electron chi connectivity index (χ4n) is 5.92. The molecule has 0 fully saturated rings. The fourth-order valence-corrected chi connectivity index (χ4v) is 5.92. The number of aromatic nitrogens is 2. The van der Waals surface area contributed by atoms with E-state index in [-0.39, 0.29) is 6.54 Å². The summed E-state index contributed by atoms with van der Waals surface area (Å²) < 4.78 is 2.24. The topological polar surface area (TPSA) is 73.1 Å². The first-order valence-corrected chi connectivity index (χ1v) is 13.7. The van der Waals surface area contributed by atoms with Crippen molar-refractivity contribution in [3.63, 3.8) is 0 Å². The van der Waals surface area contributed by atoms with Crippen LogP contribution in [0.3, 0.4) is 0 Å². The third kappa shape index (κ3) is 3.94. The number of hydrogen-bond acceptors (Lipinski definition) is 4. The molecule has 7 aromatic rings. The molecule has 5 aromatic carbocycles. The Bertz CT molecular complexity index is 2080. The van der Waals surface area contributed by atoms with E-state index in [2.05, 4.69) is 112 Å². The van der Waals surface area contributed by atoms with Crippen molar-refractivity contribution in [2.45, 2.75) is 6.54 Å². The number of nitrogen functional groups attached to an aromatic ring is 1. The monoisotopic (exact) mass is 531 g/mol. The average molecular weight is 532 g/mol. The molecule has 41 heavy (non-hydrogen) atoms. The summed E-state index contributed by atoms with van der Waals surface area (Å²) in [6.07, 6.45) is 1.77. The molecule has 0 aliphatic rings. The van der Waals surface area contributed by atoms with E-state index in [1.54, 1.807) is 6.20 Å². The molecule has 5 heteroatoms. The van der Waals surface area contributed by atoms with Gasteiger partial charge in [-0.15, -0.1) is 0 Å². The zero-order valence-corrected chi connectivity index (χ0v) is 22.5. The predicted octanol–water partition coefficient (Wildman–Crippen LogP) is 8.18. The van der Waals surface area contributed by atoms with Gasteiger partial charge in [0.25, 0.3) is 0 Å². The van der Waals surface area contributed by atoms with Crippen LogP contribution in [0.2, 0.25) is 0 Å². The number of nitrogens with zero attached hydrogens (tertiary/aromatic N) is 3. The second-order valence-electron chi connectivity index (χ2n) is 10.1. The normalized spacial score (nSPS) is 11.3. The number of benzene rings is 5. The lowest BCUT2D eigenvalue weighted by Gasteiger charge is -2.30. The number of hydrogen-bond donors (Lipinski definition) is 2. The minimum absolute atomic E-state index is 0.284. The molecule has 0 saturated heterocycles. The molecule has 0 spiro atoms.